The topological polar surface area (TPSA) is 69.3 Å². The molecule has 0 saturated heterocycles. The average molecular weight is 256 g/mol. The highest BCUT2D eigenvalue weighted by Crippen LogP contribution is 2.25. The van der Waals surface area contributed by atoms with Gasteiger partial charge in [0.2, 0.25) is 0 Å². The summed E-state index contributed by atoms with van der Waals surface area (Å²) in [6.07, 6.45) is 1.69. The third kappa shape index (κ3) is 1.97. The summed E-state index contributed by atoms with van der Waals surface area (Å²) in [6, 6.07) is 3.60. The first-order chi connectivity index (χ1) is 9.16. The van der Waals surface area contributed by atoms with Crippen LogP contribution < -0.4 is 16.1 Å². The summed E-state index contributed by atoms with van der Waals surface area (Å²) in [7, 11) is 0. The largest absolute Gasteiger partial charge is 0.361 e. The van der Waals surface area contributed by atoms with Gasteiger partial charge in [-0.2, -0.15) is 0 Å². The van der Waals surface area contributed by atoms with Crippen molar-refractivity contribution in [2.45, 2.75) is 13.8 Å². The number of aromatic nitrogens is 1. The number of hydrogen-bond donors (Lipinski definition) is 3. The van der Waals surface area contributed by atoms with Crippen LogP contribution >= 0.6 is 0 Å². The van der Waals surface area contributed by atoms with Crippen LogP contribution in [0.2, 0.25) is 0 Å². The van der Waals surface area contributed by atoms with Crippen molar-refractivity contribution < 1.29 is 0 Å². The summed E-state index contributed by atoms with van der Waals surface area (Å²) < 4.78 is 0. The van der Waals surface area contributed by atoms with Crippen LogP contribution in [0.25, 0.3) is 10.9 Å². The van der Waals surface area contributed by atoms with Gasteiger partial charge in [-0.3, -0.25) is 9.79 Å². The molecule has 1 aromatic carbocycles. The number of pyridine rings is 1. The highest BCUT2D eigenvalue weighted by molar-refractivity contribution is 5.99. The monoisotopic (exact) mass is 256 g/mol. The van der Waals surface area contributed by atoms with E-state index in [0.29, 0.717) is 0 Å². The zero-order valence-corrected chi connectivity index (χ0v) is 11.0. The second kappa shape index (κ2) is 4.42. The lowest BCUT2D eigenvalue weighted by molar-refractivity contribution is 0.959. The molecule has 0 bridgehead atoms. The number of aryl methyl sites for hydroxylation is 2. The van der Waals surface area contributed by atoms with Crippen LogP contribution in [0, 0.1) is 13.8 Å². The van der Waals surface area contributed by atoms with E-state index in [-0.39, 0.29) is 5.43 Å². The maximum atomic E-state index is 12.0. The van der Waals surface area contributed by atoms with E-state index in [1.54, 1.807) is 12.3 Å². The van der Waals surface area contributed by atoms with Crippen LogP contribution in [0.15, 0.2) is 28.1 Å². The number of benzene rings is 1. The molecule has 19 heavy (non-hydrogen) atoms. The lowest BCUT2D eigenvalue weighted by Gasteiger charge is -2.13. The Balaban J connectivity index is 2.18. The van der Waals surface area contributed by atoms with Crippen LogP contribution in [0.5, 0.6) is 0 Å². The standard InChI is InChI=1S/C14H16N4O/c1-8-7-10(18-14-16-5-6-17-14)9(2)12-11(19)3-4-15-13(8)12/h3-4,7H,5-6H2,1-2H3,(H,15,19)(H2,16,17,18). The van der Waals surface area contributed by atoms with Crippen molar-refractivity contribution in [1.82, 2.24) is 10.3 Å². The SMILES string of the molecule is Cc1cc(NC2=NCCN2)c(C)c2c(=O)cc[nH]c12. The van der Waals surface area contributed by atoms with Crippen LogP contribution in [0.4, 0.5) is 5.69 Å². The summed E-state index contributed by atoms with van der Waals surface area (Å²) in [5, 5.41) is 7.16. The molecule has 5 heteroatoms. The summed E-state index contributed by atoms with van der Waals surface area (Å²) in [5.41, 5.74) is 3.85. The Bertz CT molecular complexity index is 730. The van der Waals surface area contributed by atoms with E-state index in [4.69, 9.17) is 0 Å². The number of nitrogens with zero attached hydrogens (tertiary/aromatic N) is 1. The average Bonchev–Trinajstić information content (AvgIpc) is 2.88. The van der Waals surface area contributed by atoms with E-state index in [1.165, 1.54) is 0 Å². The fourth-order valence-electron chi connectivity index (χ4n) is 2.43. The molecule has 1 aliphatic heterocycles. The molecule has 0 aliphatic carbocycles. The molecule has 0 unspecified atom stereocenters. The lowest BCUT2D eigenvalue weighted by atomic mass is 10.0. The Hall–Kier alpha value is -2.30. The van der Waals surface area contributed by atoms with E-state index in [1.807, 2.05) is 19.9 Å². The Morgan fingerprint density at radius 2 is 2.21 bits per heavy atom. The van der Waals surface area contributed by atoms with Crippen molar-refractivity contribution in [3.05, 3.63) is 39.7 Å². The molecule has 98 valence electrons. The zero-order chi connectivity index (χ0) is 13.4. The Morgan fingerprint density at radius 3 is 2.95 bits per heavy atom. The number of rotatable bonds is 1. The van der Waals surface area contributed by atoms with Crippen LogP contribution in [0.3, 0.4) is 0 Å². The summed E-state index contributed by atoms with van der Waals surface area (Å²) in [6.45, 7) is 5.59. The van der Waals surface area contributed by atoms with Crippen molar-refractivity contribution >= 4 is 22.5 Å². The number of fused-ring (bicyclic) bond motifs is 1. The molecule has 1 aliphatic rings. The van der Waals surface area contributed by atoms with Crippen molar-refractivity contribution in [2.75, 3.05) is 18.4 Å². The Labute approximate surface area is 110 Å². The van der Waals surface area contributed by atoms with Crippen LogP contribution in [-0.2, 0) is 0 Å². The van der Waals surface area contributed by atoms with Gasteiger partial charge in [0.1, 0.15) is 0 Å². The second-order valence-electron chi connectivity index (χ2n) is 4.74. The van der Waals surface area contributed by atoms with Gasteiger partial charge < -0.3 is 15.6 Å². The molecule has 0 amide bonds. The summed E-state index contributed by atoms with van der Waals surface area (Å²) >= 11 is 0. The number of aliphatic imine (C=N–C) groups is 1. The minimum atomic E-state index is 0.0410. The Morgan fingerprint density at radius 1 is 1.37 bits per heavy atom. The van der Waals surface area contributed by atoms with Gasteiger partial charge in [0.05, 0.1) is 17.4 Å². The third-order valence-electron chi connectivity index (χ3n) is 3.42. The predicted molar refractivity (Wildman–Crippen MR) is 78.0 cm³/mol. The molecule has 1 aromatic heterocycles. The third-order valence-corrected chi connectivity index (χ3v) is 3.42. The second-order valence-corrected chi connectivity index (χ2v) is 4.74. The molecule has 3 rings (SSSR count). The number of anilines is 1. The van der Waals surface area contributed by atoms with E-state index in [9.17, 15) is 4.79 Å². The van der Waals surface area contributed by atoms with Crippen molar-refractivity contribution in [2.24, 2.45) is 4.99 Å². The molecule has 0 radical (unpaired) electrons. The highest BCUT2D eigenvalue weighted by Gasteiger charge is 2.12. The van der Waals surface area contributed by atoms with Gasteiger partial charge in [0, 0.05) is 24.5 Å². The Kier molecular flexibility index (Phi) is 2.74. The van der Waals surface area contributed by atoms with Gasteiger partial charge in [-0.1, -0.05) is 0 Å². The molecule has 0 fully saturated rings. The van der Waals surface area contributed by atoms with Crippen molar-refractivity contribution in [3.8, 4) is 0 Å². The maximum Gasteiger partial charge on any atom is 0.195 e. The van der Waals surface area contributed by atoms with E-state index in [0.717, 1.165) is 46.8 Å². The van der Waals surface area contributed by atoms with Gasteiger partial charge in [-0.05, 0) is 31.0 Å². The minimum Gasteiger partial charge on any atom is -0.361 e. The number of nitrogens with one attached hydrogen (secondary N) is 3. The summed E-state index contributed by atoms with van der Waals surface area (Å²) in [4.78, 5) is 19.5. The zero-order valence-electron chi connectivity index (χ0n) is 11.0. The normalized spacial score (nSPS) is 14.3. The minimum absolute atomic E-state index is 0.0410. The fraction of sp³-hybridized carbons (Fsp3) is 0.286. The lowest BCUT2D eigenvalue weighted by Crippen LogP contribution is -2.26. The highest BCUT2D eigenvalue weighted by atomic mass is 16.1. The summed E-state index contributed by atoms with van der Waals surface area (Å²) in [5.74, 6) is 0.772. The van der Waals surface area contributed by atoms with Crippen LogP contribution in [-0.4, -0.2) is 24.0 Å². The van der Waals surface area contributed by atoms with Gasteiger partial charge in [0.25, 0.3) is 0 Å². The molecule has 5 nitrogen and oxygen atoms in total. The van der Waals surface area contributed by atoms with Gasteiger partial charge in [0.15, 0.2) is 11.4 Å². The number of guanidine groups is 1. The molecule has 3 N–H and O–H groups in total. The predicted octanol–water partition coefficient (Wildman–Crippen LogP) is 1.52. The van der Waals surface area contributed by atoms with Gasteiger partial charge in [-0.25, -0.2) is 0 Å². The van der Waals surface area contributed by atoms with Gasteiger partial charge in [-0.15, -0.1) is 0 Å². The molecule has 2 aromatic rings. The van der Waals surface area contributed by atoms with Gasteiger partial charge >= 0.3 is 0 Å². The first kappa shape index (κ1) is 11.8. The number of aromatic amines is 1. The first-order valence-electron chi connectivity index (χ1n) is 6.34. The van der Waals surface area contributed by atoms with Crippen molar-refractivity contribution in [3.63, 3.8) is 0 Å². The van der Waals surface area contributed by atoms with E-state index in [2.05, 4.69) is 20.6 Å². The molecular weight excluding hydrogens is 240 g/mol. The number of H-pyrrole nitrogens is 1. The molecule has 2 heterocycles. The molecule has 0 saturated carbocycles. The quantitative estimate of drug-likeness (QED) is 0.724. The molecule has 0 spiro atoms. The fourth-order valence-corrected chi connectivity index (χ4v) is 2.43. The van der Waals surface area contributed by atoms with E-state index < -0.39 is 0 Å². The number of hydrogen-bond acceptors (Lipinski definition) is 4. The maximum absolute atomic E-state index is 12.0. The van der Waals surface area contributed by atoms with Crippen LogP contribution in [0.1, 0.15) is 11.1 Å². The smallest absolute Gasteiger partial charge is 0.195 e. The first-order valence-corrected chi connectivity index (χ1v) is 6.34. The molecular formula is C14H16N4O. The molecule has 0 atom stereocenters. The van der Waals surface area contributed by atoms with E-state index >= 15 is 0 Å². The van der Waals surface area contributed by atoms with Crippen molar-refractivity contribution in [1.29, 1.82) is 0 Å².